The van der Waals surface area contributed by atoms with Gasteiger partial charge in [0.15, 0.2) is 0 Å². The summed E-state index contributed by atoms with van der Waals surface area (Å²) in [5.41, 5.74) is 6.33. The molecule has 1 heterocycles. The van der Waals surface area contributed by atoms with Crippen molar-refractivity contribution in [2.45, 2.75) is 51.4 Å². The van der Waals surface area contributed by atoms with E-state index in [1.807, 2.05) is 6.07 Å². The Morgan fingerprint density at radius 3 is 2.65 bits per heavy atom. The molecule has 0 bridgehead atoms. The van der Waals surface area contributed by atoms with Gasteiger partial charge in [-0.2, -0.15) is 0 Å². The summed E-state index contributed by atoms with van der Waals surface area (Å²) in [6.07, 6.45) is 0.981. The normalized spacial score (nSPS) is 23.8. The van der Waals surface area contributed by atoms with Gasteiger partial charge in [0, 0.05) is 25.2 Å². The third-order valence-corrected chi connectivity index (χ3v) is 3.85. The maximum absolute atomic E-state index is 11.9. The molecule has 1 aromatic carbocycles. The van der Waals surface area contributed by atoms with Crippen molar-refractivity contribution in [3.05, 3.63) is 35.9 Å². The second kappa shape index (κ2) is 5.94. The fraction of sp³-hybridized carbons (Fsp3) is 0.562. The molecule has 0 radical (unpaired) electrons. The van der Waals surface area contributed by atoms with Crippen LogP contribution in [0.2, 0.25) is 0 Å². The summed E-state index contributed by atoms with van der Waals surface area (Å²) in [6, 6.07) is 11.1. The van der Waals surface area contributed by atoms with Gasteiger partial charge in [-0.25, -0.2) is 0 Å². The van der Waals surface area contributed by atoms with Crippen LogP contribution in [0.3, 0.4) is 0 Å². The minimum Gasteiger partial charge on any atom is -0.350 e. The molecule has 1 aromatic rings. The first-order chi connectivity index (χ1) is 9.36. The Bertz CT molecular complexity index is 453. The van der Waals surface area contributed by atoms with Gasteiger partial charge < -0.3 is 11.1 Å². The van der Waals surface area contributed by atoms with E-state index in [2.05, 4.69) is 41.4 Å². The van der Waals surface area contributed by atoms with Crippen LogP contribution in [0.25, 0.3) is 0 Å². The van der Waals surface area contributed by atoms with E-state index in [1.165, 1.54) is 5.56 Å². The number of hydrogen-bond donors (Lipinski definition) is 2. The van der Waals surface area contributed by atoms with Crippen molar-refractivity contribution in [3.63, 3.8) is 0 Å². The zero-order valence-corrected chi connectivity index (χ0v) is 12.6. The summed E-state index contributed by atoms with van der Waals surface area (Å²) < 4.78 is 0. The average Bonchev–Trinajstić information content (AvgIpc) is 2.70. The summed E-state index contributed by atoms with van der Waals surface area (Å²) in [4.78, 5) is 14.3. The van der Waals surface area contributed by atoms with Crippen molar-refractivity contribution in [1.29, 1.82) is 0 Å². The molecule has 0 aliphatic carbocycles. The molecule has 2 atom stereocenters. The van der Waals surface area contributed by atoms with E-state index in [4.69, 9.17) is 5.73 Å². The van der Waals surface area contributed by atoms with Crippen LogP contribution in [0.5, 0.6) is 0 Å². The lowest BCUT2D eigenvalue weighted by atomic mass is 10.1. The van der Waals surface area contributed by atoms with Crippen LogP contribution in [0.1, 0.15) is 32.8 Å². The Hall–Kier alpha value is -1.39. The number of nitrogens with zero attached hydrogens (tertiary/aromatic N) is 1. The van der Waals surface area contributed by atoms with E-state index in [9.17, 15) is 4.79 Å². The van der Waals surface area contributed by atoms with Gasteiger partial charge in [-0.15, -0.1) is 0 Å². The number of nitrogens with two attached hydrogens (primary N) is 1. The molecule has 0 saturated carbocycles. The third-order valence-electron chi connectivity index (χ3n) is 3.85. The molecule has 2 unspecified atom stereocenters. The molecule has 1 fully saturated rings. The Morgan fingerprint density at radius 1 is 1.40 bits per heavy atom. The fourth-order valence-corrected chi connectivity index (χ4v) is 2.61. The minimum absolute atomic E-state index is 0.0729. The zero-order chi connectivity index (χ0) is 14.8. The highest BCUT2D eigenvalue weighted by atomic mass is 16.2. The van der Waals surface area contributed by atoms with Crippen LogP contribution < -0.4 is 11.1 Å². The van der Waals surface area contributed by atoms with Gasteiger partial charge in [-0.3, -0.25) is 9.69 Å². The highest BCUT2D eigenvalue weighted by molar-refractivity contribution is 5.85. The van der Waals surface area contributed by atoms with Crippen molar-refractivity contribution >= 4 is 5.91 Å². The van der Waals surface area contributed by atoms with Crippen LogP contribution in [0.15, 0.2) is 30.3 Å². The van der Waals surface area contributed by atoms with Crippen LogP contribution in [-0.2, 0) is 11.3 Å². The second-order valence-electron chi connectivity index (χ2n) is 6.39. The Kier molecular flexibility index (Phi) is 4.45. The first kappa shape index (κ1) is 15.0. The molecular weight excluding hydrogens is 250 g/mol. The first-order valence-corrected chi connectivity index (χ1v) is 7.24. The molecule has 110 valence electrons. The predicted octanol–water partition coefficient (Wildman–Crippen LogP) is 1.50. The molecule has 1 amide bonds. The van der Waals surface area contributed by atoms with Gasteiger partial charge in [-0.1, -0.05) is 30.3 Å². The zero-order valence-electron chi connectivity index (χ0n) is 12.6. The van der Waals surface area contributed by atoms with Crippen molar-refractivity contribution in [1.82, 2.24) is 10.2 Å². The lowest BCUT2D eigenvalue weighted by Crippen LogP contribution is -2.52. The minimum atomic E-state index is -0.809. The smallest absolute Gasteiger partial charge is 0.239 e. The Labute approximate surface area is 121 Å². The van der Waals surface area contributed by atoms with Crippen LogP contribution in [0.4, 0.5) is 0 Å². The second-order valence-corrected chi connectivity index (χ2v) is 6.39. The number of nitrogens with one attached hydrogen (secondary N) is 1. The molecule has 2 rings (SSSR count). The molecular formula is C16H25N3O. The molecule has 0 aromatic heterocycles. The van der Waals surface area contributed by atoms with Crippen molar-refractivity contribution in [2.24, 2.45) is 5.73 Å². The molecule has 3 N–H and O–H groups in total. The van der Waals surface area contributed by atoms with E-state index >= 15 is 0 Å². The highest BCUT2D eigenvalue weighted by Gasteiger charge is 2.32. The summed E-state index contributed by atoms with van der Waals surface area (Å²) in [5.74, 6) is -0.0729. The first-order valence-electron chi connectivity index (χ1n) is 7.24. The summed E-state index contributed by atoms with van der Waals surface area (Å²) in [7, 11) is 0. The number of hydrogen-bond acceptors (Lipinski definition) is 3. The van der Waals surface area contributed by atoms with Crippen LogP contribution in [-0.4, -0.2) is 35.0 Å². The van der Waals surface area contributed by atoms with Gasteiger partial charge >= 0.3 is 0 Å². The molecule has 1 aliphatic heterocycles. The lowest BCUT2D eigenvalue weighted by Gasteiger charge is -2.22. The number of likely N-dealkylation sites (tertiary alicyclic amines) is 1. The van der Waals surface area contributed by atoms with E-state index in [-0.39, 0.29) is 11.9 Å². The van der Waals surface area contributed by atoms with Gasteiger partial charge in [-0.05, 0) is 32.8 Å². The largest absolute Gasteiger partial charge is 0.350 e. The van der Waals surface area contributed by atoms with Crippen molar-refractivity contribution in [2.75, 3.05) is 6.54 Å². The number of amides is 1. The summed E-state index contributed by atoms with van der Waals surface area (Å²) in [6.45, 7) is 7.51. The number of carbonyl (C=O) groups is 1. The van der Waals surface area contributed by atoms with Crippen LogP contribution in [0, 0.1) is 0 Å². The number of rotatable bonds is 4. The van der Waals surface area contributed by atoms with Crippen molar-refractivity contribution in [3.8, 4) is 0 Å². The van der Waals surface area contributed by atoms with Gasteiger partial charge in [0.1, 0.15) is 0 Å². The van der Waals surface area contributed by atoms with E-state index in [0.29, 0.717) is 6.04 Å². The molecule has 20 heavy (non-hydrogen) atoms. The van der Waals surface area contributed by atoms with E-state index in [0.717, 1.165) is 19.5 Å². The average molecular weight is 275 g/mol. The van der Waals surface area contributed by atoms with Gasteiger partial charge in [0.2, 0.25) is 5.91 Å². The quantitative estimate of drug-likeness (QED) is 0.875. The molecule has 4 heteroatoms. The Balaban J connectivity index is 1.91. The monoisotopic (exact) mass is 275 g/mol. The van der Waals surface area contributed by atoms with Gasteiger partial charge in [0.05, 0.1) is 5.54 Å². The van der Waals surface area contributed by atoms with Crippen molar-refractivity contribution < 1.29 is 4.79 Å². The topological polar surface area (TPSA) is 58.4 Å². The van der Waals surface area contributed by atoms with E-state index < -0.39 is 5.54 Å². The number of benzene rings is 1. The predicted molar refractivity (Wildman–Crippen MR) is 81.1 cm³/mol. The van der Waals surface area contributed by atoms with E-state index in [1.54, 1.807) is 13.8 Å². The molecule has 1 aliphatic rings. The summed E-state index contributed by atoms with van der Waals surface area (Å²) in [5, 5.41) is 3.06. The third kappa shape index (κ3) is 3.81. The lowest BCUT2D eigenvalue weighted by molar-refractivity contribution is -0.125. The van der Waals surface area contributed by atoms with Crippen LogP contribution >= 0.6 is 0 Å². The van der Waals surface area contributed by atoms with Gasteiger partial charge in [0.25, 0.3) is 0 Å². The fourth-order valence-electron chi connectivity index (χ4n) is 2.61. The standard InChI is InChI=1S/C16H25N3O/c1-12-9-14(18-15(20)16(2,3)17)11-19(12)10-13-7-5-4-6-8-13/h4-8,12,14H,9-11,17H2,1-3H3,(H,18,20). The number of carbonyl (C=O) groups excluding carboxylic acids is 1. The Morgan fingerprint density at radius 2 is 2.05 bits per heavy atom. The molecule has 0 spiro atoms. The summed E-state index contributed by atoms with van der Waals surface area (Å²) >= 11 is 0. The SMILES string of the molecule is CC1CC(NC(=O)C(C)(C)N)CN1Cc1ccccc1. The highest BCUT2D eigenvalue weighted by Crippen LogP contribution is 2.20. The molecule has 4 nitrogen and oxygen atoms in total. The maximum atomic E-state index is 11.9. The molecule has 1 saturated heterocycles. The maximum Gasteiger partial charge on any atom is 0.239 e.